The second kappa shape index (κ2) is 6.81. The molecule has 0 bridgehead atoms. The molecule has 1 saturated heterocycles. The van der Waals surface area contributed by atoms with E-state index in [1.54, 1.807) is 0 Å². The zero-order chi connectivity index (χ0) is 14.6. The second-order valence-corrected chi connectivity index (χ2v) is 6.22. The molecule has 0 radical (unpaired) electrons. The fourth-order valence-corrected chi connectivity index (χ4v) is 2.91. The van der Waals surface area contributed by atoms with Gasteiger partial charge in [0, 0.05) is 10.9 Å². The summed E-state index contributed by atoms with van der Waals surface area (Å²) in [6.07, 6.45) is 2.30. The van der Waals surface area contributed by atoms with Gasteiger partial charge in [0.1, 0.15) is 6.61 Å². The Morgan fingerprint density at radius 3 is 2.75 bits per heavy atom. The molecule has 1 atom stereocenters. The fourth-order valence-electron chi connectivity index (χ4n) is 2.47. The molecule has 0 N–H and O–H groups in total. The first-order valence-corrected chi connectivity index (χ1v) is 8.29. The van der Waals surface area contributed by atoms with Crippen LogP contribution in [0.25, 0.3) is 0 Å². The maximum Gasteiger partial charge on any atom is 0.165 e. The first-order chi connectivity index (χ1) is 9.55. The molecule has 1 fully saturated rings. The molecular formula is C16H23BrO3. The maximum absolute atomic E-state index is 6.01. The Labute approximate surface area is 129 Å². The Hall–Kier alpha value is -0.740. The SMILES string of the molecule is CCOc1cccc(CBr)c1OCC1CCC(C)(C)O1. The van der Waals surface area contributed by atoms with E-state index in [9.17, 15) is 0 Å². The Kier molecular flexibility index (Phi) is 5.33. The molecule has 4 heteroatoms. The number of hydrogen-bond acceptors (Lipinski definition) is 3. The zero-order valence-electron chi connectivity index (χ0n) is 12.4. The fraction of sp³-hybridized carbons (Fsp3) is 0.625. The number of alkyl halides is 1. The molecule has 112 valence electrons. The Balaban J connectivity index is 2.04. The highest BCUT2D eigenvalue weighted by Crippen LogP contribution is 2.35. The van der Waals surface area contributed by atoms with Gasteiger partial charge in [0.05, 0.1) is 18.3 Å². The predicted octanol–water partition coefficient (Wildman–Crippen LogP) is 4.32. The molecule has 1 aromatic carbocycles. The van der Waals surface area contributed by atoms with Gasteiger partial charge < -0.3 is 14.2 Å². The third kappa shape index (κ3) is 3.89. The molecule has 1 aliphatic rings. The maximum atomic E-state index is 6.01. The molecular weight excluding hydrogens is 320 g/mol. The van der Waals surface area contributed by atoms with E-state index in [2.05, 4.69) is 29.8 Å². The summed E-state index contributed by atoms with van der Waals surface area (Å²) in [4.78, 5) is 0. The largest absolute Gasteiger partial charge is 0.490 e. The standard InChI is InChI=1S/C16H23BrO3/c1-4-18-14-7-5-6-12(10-17)15(14)19-11-13-8-9-16(2,3)20-13/h5-7,13H,4,8-11H2,1-3H3. The summed E-state index contributed by atoms with van der Waals surface area (Å²) >= 11 is 3.50. The molecule has 0 saturated carbocycles. The molecule has 1 aromatic rings. The van der Waals surface area contributed by atoms with E-state index in [0.717, 1.165) is 35.2 Å². The van der Waals surface area contributed by atoms with Crippen molar-refractivity contribution in [2.24, 2.45) is 0 Å². The molecule has 3 nitrogen and oxygen atoms in total. The molecule has 20 heavy (non-hydrogen) atoms. The van der Waals surface area contributed by atoms with Crippen molar-refractivity contribution in [2.75, 3.05) is 13.2 Å². The minimum absolute atomic E-state index is 0.0221. The highest BCUT2D eigenvalue weighted by Gasteiger charge is 2.32. The topological polar surface area (TPSA) is 27.7 Å². The molecule has 1 unspecified atom stereocenters. The van der Waals surface area contributed by atoms with E-state index < -0.39 is 0 Å². The molecule has 1 aliphatic heterocycles. The van der Waals surface area contributed by atoms with Crippen LogP contribution in [0.4, 0.5) is 0 Å². The first kappa shape index (κ1) is 15.6. The van der Waals surface area contributed by atoms with Gasteiger partial charge in [-0.1, -0.05) is 28.1 Å². The third-order valence-electron chi connectivity index (χ3n) is 3.47. The summed E-state index contributed by atoms with van der Waals surface area (Å²) in [5.74, 6) is 1.64. The van der Waals surface area contributed by atoms with Gasteiger partial charge in [-0.25, -0.2) is 0 Å². The van der Waals surface area contributed by atoms with Gasteiger partial charge in [0.2, 0.25) is 0 Å². The minimum atomic E-state index is -0.0221. The van der Waals surface area contributed by atoms with Gasteiger partial charge in [-0.3, -0.25) is 0 Å². The van der Waals surface area contributed by atoms with Crippen molar-refractivity contribution >= 4 is 15.9 Å². The number of halogens is 1. The number of ether oxygens (including phenoxy) is 3. The van der Waals surface area contributed by atoms with Crippen molar-refractivity contribution in [3.63, 3.8) is 0 Å². The van der Waals surface area contributed by atoms with Gasteiger partial charge in [0.25, 0.3) is 0 Å². The lowest BCUT2D eigenvalue weighted by Crippen LogP contribution is -2.24. The lowest BCUT2D eigenvalue weighted by molar-refractivity contribution is -0.0330. The van der Waals surface area contributed by atoms with Crippen LogP contribution in [0.1, 0.15) is 39.2 Å². The molecule has 0 amide bonds. The summed E-state index contributed by atoms with van der Waals surface area (Å²) in [5, 5.41) is 0.750. The van der Waals surface area contributed by atoms with Gasteiger partial charge in [-0.05, 0) is 39.7 Å². The summed E-state index contributed by atoms with van der Waals surface area (Å²) in [7, 11) is 0. The quantitative estimate of drug-likeness (QED) is 0.720. The number of benzene rings is 1. The van der Waals surface area contributed by atoms with Crippen LogP contribution in [0.15, 0.2) is 18.2 Å². The van der Waals surface area contributed by atoms with E-state index in [4.69, 9.17) is 14.2 Å². The van der Waals surface area contributed by atoms with Gasteiger partial charge in [-0.15, -0.1) is 0 Å². The van der Waals surface area contributed by atoms with Crippen molar-refractivity contribution in [3.05, 3.63) is 23.8 Å². The van der Waals surface area contributed by atoms with Crippen LogP contribution in [0, 0.1) is 0 Å². The summed E-state index contributed by atoms with van der Waals surface area (Å²) in [6, 6.07) is 5.99. The highest BCUT2D eigenvalue weighted by molar-refractivity contribution is 9.08. The Morgan fingerprint density at radius 2 is 2.15 bits per heavy atom. The molecule has 0 spiro atoms. The number of para-hydroxylation sites is 1. The normalized spacial score (nSPS) is 20.9. The van der Waals surface area contributed by atoms with Crippen LogP contribution >= 0.6 is 15.9 Å². The average molecular weight is 343 g/mol. The average Bonchev–Trinajstić information content (AvgIpc) is 2.77. The van der Waals surface area contributed by atoms with Crippen molar-refractivity contribution in [1.82, 2.24) is 0 Å². The number of rotatable bonds is 6. The van der Waals surface area contributed by atoms with Crippen LogP contribution < -0.4 is 9.47 Å². The first-order valence-electron chi connectivity index (χ1n) is 7.17. The Morgan fingerprint density at radius 1 is 1.35 bits per heavy atom. The summed E-state index contributed by atoms with van der Waals surface area (Å²) < 4.78 is 17.6. The van der Waals surface area contributed by atoms with Crippen LogP contribution in [-0.4, -0.2) is 24.9 Å². The van der Waals surface area contributed by atoms with Crippen LogP contribution in [0.5, 0.6) is 11.5 Å². The van der Waals surface area contributed by atoms with E-state index >= 15 is 0 Å². The van der Waals surface area contributed by atoms with Crippen LogP contribution in [0.3, 0.4) is 0 Å². The van der Waals surface area contributed by atoms with E-state index in [1.165, 1.54) is 0 Å². The smallest absolute Gasteiger partial charge is 0.165 e. The lowest BCUT2D eigenvalue weighted by Gasteiger charge is -2.21. The molecule has 1 heterocycles. The Bertz CT molecular complexity index is 445. The predicted molar refractivity (Wildman–Crippen MR) is 83.9 cm³/mol. The second-order valence-electron chi connectivity index (χ2n) is 5.66. The summed E-state index contributed by atoms with van der Waals surface area (Å²) in [5.41, 5.74) is 1.08. The van der Waals surface area contributed by atoms with Crippen LogP contribution in [0.2, 0.25) is 0 Å². The number of hydrogen-bond donors (Lipinski definition) is 0. The zero-order valence-corrected chi connectivity index (χ0v) is 14.0. The highest BCUT2D eigenvalue weighted by atomic mass is 79.9. The molecule has 0 aromatic heterocycles. The van der Waals surface area contributed by atoms with E-state index in [-0.39, 0.29) is 11.7 Å². The van der Waals surface area contributed by atoms with Gasteiger partial charge in [0.15, 0.2) is 11.5 Å². The monoisotopic (exact) mass is 342 g/mol. The van der Waals surface area contributed by atoms with Crippen molar-refractivity contribution in [2.45, 2.75) is 50.6 Å². The molecule has 2 rings (SSSR count). The lowest BCUT2D eigenvalue weighted by atomic mass is 10.1. The van der Waals surface area contributed by atoms with Gasteiger partial charge in [-0.2, -0.15) is 0 Å². The van der Waals surface area contributed by atoms with Gasteiger partial charge >= 0.3 is 0 Å². The van der Waals surface area contributed by atoms with E-state index in [0.29, 0.717) is 13.2 Å². The minimum Gasteiger partial charge on any atom is -0.490 e. The summed E-state index contributed by atoms with van der Waals surface area (Å²) in [6.45, 7) is 7.45. The third-order valence-corrected chi connectivity index (χ3v) is 4.08. The van der Waals surface area contributed by atoms with Crippen molar-refractivity contribution in [3.8, 4) is 11.5 Å². The van der Waals surface area contributed by atoms with E-state index in [1.807, 2.05) is 25.1 Å². The molecule has 0 aliphatic carbocycles. The van der Waals surface area contributed by atoms with Crippen molar-refractivity contribution < 1.29 is 14.2 Å². The van der Waals surface area contributed by atoms with Crippen LogP contribution in [-0.2, 0) is 10.1 Å². The van der Waals surface area contributed by atoms with Crippen molar-refractivity contribution in [1.29, 1.82) is 0 Å².